The zero-order chi connectivity index (χ0) is 22.8. The Morgan fingerprint density at radius 1 is 0.806 bits per heavy atom. The van der Waals surface area contributed by atoms with Gasteiger partial charge in [-0.3, -0.25) is 9.52 Å². The van der Waals surface area contributed by atoms with Crippen molar-refractivity contribution in [3.05, 3.63) is 94.0 Å². The van der Waals surface area contributed by atoms with E-state index in [0.717, 1.165) is 22.3 Å². The molecule has 0 aliphatic carbocycles. The molecule has 31 heavy (non-hydrogen) atoms. The molecular weight excluding hydrogens is 408 g/mol. The Morgan fingerprint density at radius 2 is 1.45 bits per heavy atom. The van der Waals surface area contributed by atoms with Crippen molar-refractivity contribution in [3.8, 4) is 0 Å². The SMILES string of the molecule is Cc1ccc([C@H](C)NC(=O)c2ccc(C)c(S(=O)(=O)Nc3ccc(C)cc3C)c2)cc1. The number of sulfonamides is 1. The molecule has 0 heterocycles. The first-order chi connectivity index (χ1) is 14.6. The Labute approximate surface area is 184 Å². The van der Waals surface area contributed by atoms with Gasteiger partial charge in [-0.2, -0.15) is 0 Å². The monoisotopic (exact) mass is 436 g/mol. The standard InChI is InChI=1S/C25H28N2O3S/c1-16-6-10-21(11-7-16)20(5)26-25(28)22-12-9-18(3)24(15-22)31(29,30)27-23-13-8-17(2)14-19(23)4/h6-15,20,27H,1-5H3,(H,26,28)/t20-/m0/s1. The highest BCUT2D eigenvalue weighted by Gasteiger charge is 2.21. The summed E-state index contributed by atoms with van der Waals surface area (Å²) >= 11 is 0. The average Bonchev–Trinajstić information content (AvgIpc) is 2.70. The van der Waals surface area contributed by atoms with Crippen molar-refractivity contribution in [3.63, 3.8) is 0 Å². The molecule has 0 saturated carbocycles. The number of carbonyl (C=O) groups excluding carboxylic acids is 1. The summed E-state index contributed by atoms with van der Waals surface area (Å²) in [5, 5.41) is 2.94. The Kier molecular flexibility index (Phi) is 6.51. The van der Waals surface area contributed by atoms with E-state index in [9.17, 15) is 13.2 Å². The molecule has 0 saturated heterocycles. The highest BCUT2D eigenvalue weighted by atomic mass is 32.2. The topological polar surface area (TPSA) is 75.3 Å². The van der Waals surface area contributed by atoms with Crippen molar-refractivity contribution in [1.82, 2.24) is 5.32 Å². The van der Waals surface area contributed by atoms with E-state index in [2.05, 4.69) is 10.0 Å². The number of hydrogen-bond acceptors (Lipinski definition) is 3. The normalized spacial score (nSPS) is 12.3. The summed E-state index contributed by atoms with van der Waals surface area (Å²) in [6.45, 7) is 9.43. The van der Waals surface area contributed by atoms with E-state index in [1.807, 2.05) is 64.1 Å². The minimum Gasteiger partial charge on any atom is -0.346 e. The van der Waals surface area contributed by atoms with Crippen LogP contribution in [0.3, 0.4) is 0 Å². The number of benzene rings is 3. The average molecular weight is 437 g/mol. The van der Waals surface area contributed by atoms with Crippen LogP contribution < -0.4 is 10.0 Å². The van der Waals surface area contributed by atoms with Crippen LogP contribution in [0.15, 0.2) is 65.6 Å². The predicted octanol–water partition coefficient (Wildman–Crippen LogP) is 5.21. The molecule has 3 aromatic carbocycles. The quantitative estimate of drug-likeness (QED) is 0.557. The molecule has 162 valence electrons. The second kappa shape index (κ2) is 8.94. The van der Waals surface area contributed by atoms with E-state index in [0.29, 0.717) is 16.8 Å². The summed E-state index contributed by atoms with van der Waals surface area (Å²) in [6.07, 6.45) is 0. The fourth-order valence-corrected chi connectivity index (χ4v) is 4.78. The lowest BCUT2D eigenvalue weighted by atomic mass is 10.1. The lowest BCUT2D eigenvalue weighted by molar-refractivity contribution is 0.0939. The summed E-state index contributed by atoms with van der Waals surface area (Å²) in [5.41, 5.74) is 5.40. The van der Waals surface area contributed by atoms with E-state index in [4.69, 9.17) is 0 Å². The largest absolute Gasteiger partial charge is 0.346 e. The van der Waals surface area contributed by atoms with E-state index in [-0.39, 0.29) is 16.8 Å². The first-order valence-corrected chi connectivity index (χ1v) is 11.6. The third kappa shape index (κ3) is 5.33. The molecule has 1 amide bonds. The van der Waals surface area contributed by atoms with Crippen LogP contribution in [0.2, 0.25) is 0 Å². The van der Waals surface area contributed by atoms with Gasteiger partial charge in [-0.25, -0.2) is 8.42 Å². The smallest absolute Gasteiger partial charge is 0.262 e. The zero-order valence-corrected chi connectivity index (χ0v) is 19.3. The zero-order valence-electron chi connectivity index (χ0n) is 18.5. The highest BCUT2D eigenvalue weighted by molar-refractivity contribution is 7.92. The Morgan fingerprint density at radius 3 is 2.10 bits per heavy atom. The maximum Gasteiger partial charge on any atom is 0.262 e. The molecule has 0 bridgehead atoms. The second-order valence-electron chi connectivity index (χ2n) is 8.01. The Hall–Kier alpha value is -3.12. The molecule has 1 atom stereocenters. The van der Waals surface area contributed by atoms with Crippen molar-refractivity contribution in [2.24, 2.45) is 0 Å². The minimum atomic E-state index is -3.85. The molecule has 2 N–H and O–H groups in total. The van der Waals surface area contributed by atoms with Gasteiger partial charge >= 0.3 is 0 Å². The van der Waals surface area contributed by atoms with Gasteiger partial charge in [-0.1, -0.05) is 53.6 Å². The van der Waals surface area contributed by atoms with Gasteiger partial charge in [0, 0.05) is 5.56 Å². The summed E-state index contributed by atoms with van der Waals surface area (Å²) in [5.74, 6) is -0.323. The van der Waals surface area contributed by atoms with Gasteiger partial charge in [0.25, 0.3) is 15.9 Å². The van der Waals surface area contributed by atoms with Crippen LogP contribution in [-0.4, -0.2) is 14.3 Å². The number of amides is 1. The van der Waals surface area contributed by atoms with Crippen LogP contribution in [0.5, 0.6) is 0 Å². The minimum absolute atomic E-state index is 0.0862. The summed E-state index contributed by atoms with van der Waals surface area (Å²) in [7, 11) is -3.85. The highest BCUT2D eigenvalue weighted by Crippen LogP contribution is 2.24. The fraction of sp³-hybridized carbons (Fsp3) is 0.240. The molecule has 3 rings (SSSR count). The number of nitrogens with one attached hydrogen (secondary N) is 2. The van der Waals surface area contributed by atoms with Crippen molar-refractivity contribution >= 4 is 21.6 Å². The van der Waals surface area contributed by atoms with Gasteiger partial charge in [-0.05, 0) is 69.5 Å². The lowest BCUT2D eigenvalue weighted by Crippen LogP contribution is -2.27. The molecule has 0 aliphatic heterocycles. The predicted molar refractivity (Wildman–Crippen MR) is 125 cm³/mol. The molecular formula is C25H28N2O3S. The van der Waals surface area contributed by atoms with E-state index >= 15 is 0 Å². The number of hydrogen-bond donors (Lipinski definition) is 2. The third-order valence-corrected chi connectivity index (χ3v) is 6.80. The number of carbonyl (C=O) groups is 1. The first kappa shape index (κ1) is 22.6. The van der Waals surface area contributed by atoms with Gasteiger partial charge in [-0.15, -0.1) is 0 Å². The summed E-state index contributed by atoms with van der Waals surface area (Å²) in [6, 6.07) is 18.0. The second-order valence-corrected chi connectivity index (χ2v) is 9.66. The molecule has 0 aromatic heterocycles. The van der Waals surface area contributed by atoms with Crippen LogP contribution >= 0.6 is 0 Å². The molecule has 6 heteroatoms. The lowest BCUT2D eigenvalue weighted by Gasteiger charge is -2.16. The summed E-state index contributed by atoms with van der Waals surface area (Å²) < 4.78 is 28.8. The Balaban J connectivity index is 1.84. The van der Waals surface area contributed by atoms with Crippen molar-refractivity contribution < 1.29 is 13.2 Å². The number of anilines is 1. The van der Waals surface area contributed by atoms with E-state index in [1.165, 1.54) is 6.07 Å². The maximum atomic E-state index is 13.1. The van der Waals surface area contributed by atoms with Crippen LogP contribution in [0.1, 0.15) is 51.1 Å². The van der Waals surface area contributed by atoms with Crippen molar-refractivity contribution in [1.29, 1.82) is 0 Å². The number of aryl methyl sites for hydroxylation is 4. The van der Waals surface area contributed by atoms with Crippen molar-refractivity contribution in [2.75, 3.05) is 4.72 Å². The van der Waals surface area contributed by atoms with Gasteiger partial charge in [0.2, 0.25) is 0 Å². The molecule has 0 radical (unpaired) electrons. The van der Waals surface area contributed by atoms with Crippen LogP contribution in [0, 0.1) is 27.7 Å². The fourth-order valence-electron chi connectivity index (χ4n) is 3.38. The van der Waals surface area contributed by atoms with Gasteiger partial charge in [0.15, 0.2) is 0 Å². The van der Waals surface area contributed by atoms with Crippen LogP contribution in [0.4, 0.5) is 5.69 Å². The summed E-state index contributed by atoms with van der Waals surface area (Å²) in [4.78, 5) is 12.9. The first-order valence-electron chi connectivity index (χ1n) is 10.1. The molecule has 0 aliphatic rings. The molecule has 0 unspecified atom stereocenters. The molecule has 5 nitrogen and oxygen atoms in total. The molecule has 3 aromatic rings. The molecule has 0 spiro atoms. The Bertz CT molecular complexity index is 1220. The van der Waals surface area contributed by atoms with Crippen molar-refractivity contribution in [2.45, 2.75) is 45.6 Å². The van der Waals surface area contributed by atoms with Gasteiger partial charge in [0.05, 0.1) is 16.6 Å². The van der Waals surface area contributed by atoms with Gasteiger partial charge in [0.1, 0.15) is 0 Å². The van der Waals surface area contributed by atoms with Gasteiger partial charge < -0.3 is 5.32 Å². The van der Waals surface area contributed by atoms with Crippen LogP contribution in [-0.2, 0) is 10.0 Å². The molecule has 0 fully saturated rings. The number of rotatable bonds is 6. The van der Waals surface area contributed by atoms with E-state index in [1.54, 1.807) is 25.1 Å². The van der Waals surface area contributed by atoms with Crippen LogP contribution in [0.25, 0.3) is 0 Å². The maximum absolute atomic E-state index is 13.1. The third-order valence-electron chi connectivity index (χ3n) is 5.29. The van der Waals surface area contributed by atoms with E-state index < -0.39 is 10.0 Å².